The number of rotatable bonds is 11. The van der Waals surface area contributed by atoms with Crippen LogP contribution < -0.4 is 16.1 Å². The molecule has 0 saturated carbocycles. The van der Waals surface area contributed by atoms with Gasteiger partial charge in [-0.15, -0.1) is 0 Å². The summed E-state index contributed by atoms with van der Waals surface area (Å²) in [4.78, 5) is 46.8. The molecule has 0 spiro atoms. The molecule has 0 aliphatic rings. The molecule has 216 valence electrons. The number of aryl methyl sites for hydroxylation is 1. The van der Waals surface area contributed by atoms with Gasteiger partial charge in [0, 0.05) is 23.2 Å². The highest BCUT2D eigenvalue weighted by Crippen LogP contribution is 2.29. The fourth-order valence-corrected chi connectivity index (χ4v) is 4.77. The molecule has 1 N–H and O–H groups in total. The van der Waals surface area contributed by atoms with E-state index >= 15 is 0 Å². The summed E-state index contributed by atoms with van der Waals surface area (Å²) in [5.41, 5.74) is 3.92. The van der Waals surface area contributed by atoms with Crippen LogP contribution >= 0.6 is 0 Å². The van der Waals surface area contributed by atoms with Gasteiger partial charge in [-0.25, -0.2) is 19.7 Å². The number of nitrogens with one attached hydrogen (secondary N) is 1. The van der Waals surface area contributed by atoms with Crippen LogP contribution in [0.3, 0.4) is 0 Å². The number of ether oxygens (including phenoxy) is 1. The Kier molecular flexibility index (Phi) is 8.66. The van der Waals surface area contributed by atoms with Crippen LogP contribution in [-0.2, 0) is 13.0 Å². The van der Waals surface area contributed by atoms with Crippen LogP contribution in [-0.4, -0.2) is 41.3 Å². The van der Waals surface area contributed by atoms with Gasteiger partial charge < -0.3 is 4.74 Å². The number of benzene rings is 1. The van der Waals surface area contributed by atoms with E-state index in [0.29, 0.717) is 58.8 Å². The summed E-state index contributed by atoms with van der Waals surface area (Å²) in [5.74, 6) is 1.29. The van der Waals surface area contributed by atoms with E-state index in [1.54, 1.807) is 23.2 Å². The molecule has 1 aromatic carbocycles. The van der Waals surface area contributed by atoms with Crippen LogP contribution in [0.15, 0.2) is 69.1 Å². The smallest absolute Gasteiger partial charge is 0.439 e. The summed E-state index contributed by atoms with van der Waals surface area (Å²) in [6.07, 6.45) is 7.44. The Hall–Kier alpha value is -4.93. The molecule has 0 amide bonds. The molecule has 5 rings (SSSR count). The molecule has 0 radical (unpaired) electrons. The summed E-state index contributed by atoms with van der Waals surface area (Å²) in [5, 5.41) is 3.82. The molecular formula is C31H33N7O4. The lowest BCUT2D eigenvalue weighted by Gasteiger charge is -2.19. The zero-order valence-electron chi connectivity index (χ0n) is 24.1. The van der Waals surface area contributed by atoms with Crippen molar-refractivity contribution in [2.45, 2.75) is 59.4 Å². The molecular weight excluding hydrogens is 534 g/mol. The van der Waals surface area contributed by atoms with Gasteiger partial charge in [-0.05, 0) is 31.4 Å². The fraction of sp³-hybridized carbons (Fsp3) is 0.323. The lowest BCUT2D eigenvalue weighted by atomic mass is 10.0. The second-order valence-corrected chi connectivity index (χ2v) is 10.2. The Morgan fingerprint density at radius 3 is 2.36 bits per heavy atom. The first-order valence-corrected chi connectivity index (χ1v) is 14.1. The van der Waals surface area contributed by atoms with E-state index < -0.39 is 5.76 Å². The molecule has 11 heteroatoms. The zero-order valence-corrected chi connectivity index (χ0v) is 24.1. The van der Waals surface area contributed by atoms with Gasteiger partial charge >= 0.3 is 5.76 Å². The quantitative estimate of drug-likeness (QED) is 0.233. The van der Waals surface area contributed by atoms with Gasteiger partial charge in [0.2, 0.25) is 0 Å². The standard InChI is InChI=1S/C31H33N7O4/c1-5-7-12-25-26(28-33-16-21(17-34-28)41-6-2)30(39)38(29(35-25)19(3)4)18-20-13-14-24(32-15-20)22-10-8-9-11-23(22)27-36-31(40)42-37-27/h8-11,13-17,19H,5-7,12,18H2,1-4H3,(H,36,37,40). The third kappa shape index (κ3) is 6.04. The molecule has 0 atom stereocenters. The maximum absolute atomic E-state index is 14.1. The number of aromatic nitrogens is 7. The number of hydrogen-bond donors (Lipinski definition) is 1. The van der Waals surface area contributed by atoms with Crippen molar-refractivity contribution in [1.29, 1.82) is 0 Å². The van der Waals surface area contributed by atoms with Gasteiger partial charge in [-0.1, -0.05) is 62.7 Å². The van der Waals surface area contributed by atoms with E-state index in [9.17, 15) is 9.59 Å². The molecule has 11 nitrogen and oxygen atoms in total. The second-order valence-electron chi connectivity index (χ2n) is 10.2. The van der Waals surface area contributed by atoms with Crippen LogP contribution in [0.4, 0.5) is 0 Å². The van der Waals surface area contributed by atoms with Crippen molar-refractivity contribution in [3.05, 3.63) is 93.0 Å². The molecule has 4 aromatic heterocycles. The van der Waals surface area contributed by atoms with Crippen LogP contribution in [0.1, 0.15) is 63.5 Å². The van der Waals surface area contributed by atoms with Crippen molar-refractivity contribution in [3.8, 4) is 39.8 Å². The summed E-state index contributed by atoms with van der Waals surface area (Å²) in [6, 6.07) is 11.3. The number of unbranched alkanes of at least 4 members (excludes halogenated alkanes) is 1. The van der Waals surface area contributed by atoms with Crippen molar-refractivity contribution in [1.82, 2.24) is 34.6 Å². The van der Waals surface area contributed by atoms with Crippen molar-refractivity contribution in [3.63, 3.8) is 0 Å². The van der Waals surface area contributed by atoms with E-state index in [2.05, 4.69) is 32.0 Å². The largest absolute Gasteiger partial charge is 0.491 e. The first kappa shape index (κ1) is 28.6. The van der Waals surface area contributed by atoms with Gasteiger partial charge in [-0.2, -0.15) is 0 Å². The summed E-state index contributed by atoms with van der Waals surface area (Å²) in [7, 11) is 0. The van der Waals surface area contributed by atoms with E-state index in [1.165, 1.54) is 0 Å². The van der Waals surface area contributed by atoms with E-state index in [-0.39, 0.29) is 18.0 Å². The fourth-order valence-electron chi connectivity index (χ4n) is 4.77. The van der Waals surface area contributed by atoms with Crippen LogP contribution in [0, 0.1) is 0 Å². The van der Waals surface area contributed by atoms with Crippen molar-refractivity contribution < 1.29 is 9.26 Å². The molecule has 0 aliphatic heterocycles. The molecule has 4 heterocycles. The van der Waals surface area contributed by atoms with Crippen molar-refractivity contribution >= 4 is 0 Å². The monoisotopic (exact) mass is 567 g/mol. The van der Waals surface area contributed by atoms with Crippen LogP contribution in [0.25, 0.3) is 34.0 Å². The normalized spacial score (nSPS) is 11.3. The molecule has 0 bridgehead atoms. The number of H-pyrrole nitrogens is 1. The van der Waals surface area contributed by atoms with Gasteiger partial charge in [0.25, 0.3) is 5.56 Å². The Bertz CT molecular complexity index is 1770. The summed E-state index contributed by atoms with van der Waals surface area (Å²) < 4.78 is 11.9. The third-order valence-corrected chi connectivity index (χ3v) is 6.78. The maximum atomic E-state index is 14.1. The van der Waals surface area contributed by atoms with Crippen molar-refractivity contribution in [2.24, 2.45) is 0 Å². The van der Waals surface area contributed by atoms with Gasteiger partial charge in [-0.3, -0.25) is 23.9 Å². The Morgan fingerprint density at radius 2 is 1.74 bits per heavy atom. The molecule has 5 aromatic rings. The molecule has 0 aliphatic carbocycles. The molecule has 0 fully saturated rings. The van der Waals surface area contributed by atoms with Crippen molar-refractivity contribution in [2.75, 3.05) is 6.61 Å². The van der Waals surface area contributed by atoms with E-state index in [1.807, 2.05) is 57.2 Å². The first-order valence-electron chi connectivity index (χ1n) is 14.1. The lowest BCUT2D eigenvalue weighted by Crippen LogP contribution is -2.30. The Morgan fingerprint density at radius 1 is 0.976 bits per heavy atom. The second kappa shape index (κ2) is 12.7. The predicted molar refractivity (Wildman–Crippen MR) is 158 cm³/mol. The Balaban J connectivity index is 1.54. The van der Waals surface area contributed by atoms with Gasteiger partial charge in [0.15, 0.2) is 17.4 Å². The number of pyridine rings is 1. The molecule has 0 saturated heterocycles. The maximum Gasteiger partial charge on any atom is 0.439 e. The zero-order chi connectivity index (χ0) is 29.6. The third-order valence-electron chi connectivity index (χ3n) is 6.78. The van der Waals surface area contributed by atoms with E-state index in [0.717, 1.165) is 24.0 Å². The lowest BCUT2D eigenvalue weighted by molar-refractivity contribution is 0.337. The van der Waals surface area contributed by atoms with Gasteiger partial charge in [0.1, 0.15) is 11.4 Å². The minimum atomic E-state index is -0.626. The Labute approximate surface area is 242 Å². The highest BCUT2D eigenvalue weighted by Gasteiger charge is 2.22. The van der Waals surface area contributed by atoms with E-state index in [4.69, 9.17) is 14.2 Å². The van der Waals surface area contributed by atoms with Crippen LogP contribution in [0.2, 0.25) is 0 Å². The summed E-state index contributed by atoms with van der Waals surface area (Å²) in [6.45, 7) is 8.84. The number of aromatic amines is 1. The minimum absolute atomic E-state index is 0.0112. The van der Waals surface area contributed by atoms with Gasteiger partial charge in [0.05, 0.1) is 36.9 Å². The molecule has 0 unspecified atom stereocenters. The first-order chi connectivity index (χ1) is 20.4. The van der Waals surface area contributed by atoms with Crippen LogP contribution in [0.5, 0.6) is 5.75 Å². The average Bonchev–Trinajstić information content (AvgIpc) is 3.44. The highest BCUT2D eigenvalue weighted by molar-refractivity contribution is 5.78. The average molecular weight is 568 g/mol. The number of hydrogen-bond acceptors (Lipinski definition) is 9. The SMILES string of the molecule is CCCCc1nc(C(C)C)n(Cc2ccc(-c3ccccc3-c3noc(=O)[nH]3)nc2)c(=O)c1-c1ncc(OCC)cn1. The summed E-state index contributed by atoms with van der Waals surface area (Å²) >= 11 is 0. The predicted octanol–water partition coefficient (Wildman–Crippen LogP) is 5.02. The highest BCUT2D eigenvalue weighted by atomic mass is 16.5. The topological polar surface area (TPSA) is 142 Å². The minimum Gasteiger partial charge on any atom is -0.491 e. The number of nitrogens with zero attached hydrogens (tertiary/aromatic N) is 6. The molecule has 42 heavy (non-hydrogen) atoms.